The molecule has 0 aliphatic heterocycles. The molecule has 26 heavy (non-hydrogen) atoms. The van der Waals surface area contributed by atoms with E-state index in [1.807, 2.05) is 19.1 Å². The fraction of sp³-hybridized carbons (Fsp3) is 0.421. The van der Waals surface area contributed by atoms with E-state index < -0.39 is 0 Å². The zero-order valence-corrected chi connectivity index (χ0v) is 16.9. The molecular formula is C19H24N2O3S2. The Morgan fingerprint density at radius 3 is 2.62 bits per heavy atom. The van der Waals surface area contributed by atoms with Crippen LogP contribution in [0.4, 0.5) is 0 Å². The maximum absolute atomic E-state index is 11.8. The van der Waals surface area contributed by atoms with E-state index >= 15 is 0 Å². The van der Waals surface area contributed by atoms with Gasteiger partial charge < -0.3 is 9.72 Å². The summed E-state index contributed by atoms with van der Waals surface area (Å²) in [6, 6.07) is 8.87. The smallest absolute Gasteiger partial charge is 0.338 e. The summed E-state index contributed by atoms with van der Waals surface area (Å²) in [5.74, 6) is 1.09. The van der Waals surface area contributed by atoms with Crippen molar-refractivity contribution in [2.45, 2.75) is 49.1 Å². The number of nitrogens with zero attached hydrogens (tertiary/aromatic N) is 1. The minimum Gasteiger partial charge on any atom is -0.462 e. The molecule has 0 spiro atoms. The monoisotopic (exact) mass is 392 g/mol. The highest BCUT2D eigenvalue weighted by molar-refractivity contribution is 7.99. The Balaban J connectivity index is 1.96. The van der Waals surface area contributed by atoms with Gasteiger partial charge >= 0.3 is 5.97 Å². The summed E-state index contributed by atoms with van der Waals surface area (Å²) in [7, 11) is 0. The van der Waals surface area contributed by atoms with Crippen molar-refractivity contribution >= 4 is 29.5 Å². The van der Waals surface area contributed by atoms with Crippen LogP contribution in [-0.2, 0) is 16.2 Å². The average Bonchev–Trinajstić information content (AvgIpc) is 2.63. The SMILES string of the molecule is CCCOC(=O)c1ccc(CSc2nc(CSC(C)C)cc(=O)[nH]2)cc1. The van der Waals surface area contributed by atoms with E-state index in [-0.39, 0.29) is 11.5 Å². The number of aromatic amines is 1. The van der Waals surface area contributed by atoms with Gasteiger partial charge in [0, 0.05) is 17.6 Å². The fourth-order valence-electron chi connectivity index (χ4n) is 2.04. The lowest BCUT2D eigenvalue weighted by Crippen LogP contribution is -2.10. The third-order valence-electron chi connectivity index (χ3n) is 3.34. The van der Waals surface area contributed by atoms with Crippen molar-refractivity contribution < 1.29 is 9.53 Å². The van der Waals surface area contributed by atoms with E-state index in [2.05, 4.69) is 23.8 Å². The molecule has 140 valence electrons. The summed E-state index contributed by atoms with van der Waals surface area (Å²) in [6.45, 7) is 6.63. The number of benzene rings is 1. The predicted octanol–water partition coefficient (Wildman–Crippen LogP) is 4.27. The second-order valence-electron chi connectivity index (χ2n) is 6.02. The van der Waals surface area contributed by atoms with Crippen LogP contribution in [0.3, 0.4) is 0 Å². The van der Waals surface area contributed by atoms with Gasteiger partial charge in [0.1, 0.15) is 0 Å². The van der Waals surface area contributed by atoms with Crippen LogP contribution in [-0.4, -0.2) is 27.8 Å². The van der Waals surface area contributed by atoms with Gasteiger partial charge in [-0.15, -0.1) is 0 Å². The molecule has 7 heteroatoms. The van der Waals surface area contributed by atoms with Crippen molar-refractivity contribution in [2.24, 2.45) is 0 Å². The van der Waals surface area contributed by atoms with E-state index in [4.69, 9.17) is 4.74 Å². The number of hydrogen-bond acceptors (Lipinski definition) is 6. The lowest BCUT2D eigenvalue weighted by atomic mass is 10.1. The topological polar surface area (TPSA) is 72.0 Å². The summed E-state index contributed by atoms with van der Waals surface area (Å²) in [5, 5.41) is 1.11. The summed E-state index contributed by atoms with van der Waals surface area (Å²) >= 11 is 3.23. The van der Waals surface area contributed by atoms with E-state index in [1.54, 1.807) is 30.0 Å². The molecule has 0 radical (unpaired) electrons. The highest BCUT2D eigenvalue weighted by Gasteiger charge is 2.08. The number of ether oxygens (including phenoxy) is 1. The zero-order chi connectivity index (χ0) is 18.9. The average molecular weight is 393 g/mol. The van der Waals surface area contributed by atoms with E-state index in [9.17, 15) is 9.59 Å². The molecule has 0 unspecified atom stereocenters. The molecule has 1 heterocycles. The van der Waals surface area contributed by atoms with Gasteiger partial charge in [-0.25, -0.2) is 9.78 Å². The molecule has 0 bridgehead atoms. The summed E-state index contributed by atoms with van der Waals surface area (Å²) < 4.78 is 5.12. The van der Waals surface area contributed by atoms with Crippen LogP contribution < -0.4 is 5.56 Å². The molecule has 2 rings (SSSR count). The van der Waals surface area contributed by atoms with Gasteiger partial charge in [0.05, 0.1) is 17.9 Å². The van der Waals surface area contributed by atoms with Gasteiger partial charge in [-0.3, -0.25) is 4.79 Å². The second kappa shape index (κ2) is 10.4. The first-order valence-electron chi connectivity index (χ1n) is 8.58. The van der Waals surface area contributed by atoms with Crippen molar-refractivity contribution in [3.8, 4) is 0 Å². The molecular weight excluding hydrogens is 368 g/mol. The standard InChI is InChI=1S/C19H24N2O3S2/c1-4-9-24-18(23)15-7-5-14(6-8-15)11-26-19-20-16(10-17(22)21-19)12-25-13(2)3/h5-8,10,13H,4,9,11-12H2,1-3H3,(H,20,21,22). The first-order valence-corrected chi connectivity index (χ1v) is 10.6. The molecule has 0 amide bonds. The Labute approximate surface area is 162 Å². The van der Waals surface area contributed by atoms with Crippen molar-refractivity contribution in [3.05, 3.63) is 57.5 Å². The summed E-state index contributed by atoms with van der Waals surface area (Å²) in [4.78, 5) is 30.9. The Morgan fingerprint density at radius 1 is 1.23 bits per heavy atom. The van der Waals surface area contributed by atoms with Crippen LogP contribution in [0.2, 0.25) is 0 Å². The van der Waals surface area contributed by atoms with Crippen LogP contribution >= 0.6 is 23.5 Å². The number of rotatable bonds is 9. The van der Waals surface area contributed by atoms with Gasteiger partial charge in [-0.2, -0.15) is 11.8 Å². The molecule has 0 fully saturated rings. The molecule has 0 aliphatic rings. The van der Waals surface area contributed by atoms with E-state index in [0.717, 1.165) is 23.4 Å². The Kier molecular flexibility index (Phi) is 8.25. The molecule has 0 saturated carbocycles. The molecule has 2 aromatic rings. The minimum absolute atomic E-state index is 0.129. The highest BCUT2D eigenvalue weighted by Crippen LogP contribution is 2.21. The molecule has 0 saturated heterocycles. The molecule has 1 N–H and O–H groups in total. The third kappa shape index (κ3) is 6.88. The van der Waals surface area contributed by atoms with Gasteiger partial charge in [0.25, 0.3) is 5.56 Å². The van der Waals surface area contributed by atoms with Crippen molar-refractivity contribution in [2.75, 3.05) is 6.61 Å². The first-order chi connectivity index (χ1) is 12.5. The number of aromatic nitrogens is 2. The van der Waals surface area contributed by atoms with Crippen molar-refractivity contribution in [1.82, 2.24) is 9.97 Å². The normalized spacial score (nSPS) is 10.9. The largest absolute Gasteiger partial charge is 0.462 e. The highest BCUT2D eigenvalue weighted by atomic mass is 32.2. The number of esters is 1. The number of nitrogens with one attached hydrogen (secondary N) is 1. The predicted molar refractivity (Wildman–Crippen MR) is 108 cm³/mol. The number of H-pyrrole nitrogens is 1. The quantitative estimate of drug-likeness (QED) is 0.390. The van der Waals surface area contributed by atoms with Crippen LogP contribution in [0, 0.1) is 0 Å². The molecule has 1 aromatic heterocycles. The maximum atomic E-state index is 11.8. The van der Waals surface area contributed by atoms with Gasteiger partial charge in [-0.1, -0.05) is 44.7 Å². The minimum atomic E-state index is -0.299. The lowest BCUT2D eigenvalue weighted by molar-refractivity contribution is 0.0505. The van der Waals surface area contributed by atoms with Crippen molar-refractivity contribution in [1.29, 1.82) is 0 Å². The van der Waals surface area contributed by atoms with Gasteiger partial charge in [0.2, 0.25) is 0 Å². The second-order valence-corrected chi connectivity index (χ2v) is 8.55. The maximum Gasteiger partial charge on any atom is 0.338 e. The number of thioether (sulfide) groups is 2. The van der Waals surface area contributed by atoms with Crippen LogP contribution in [0.15, 0.2) is 40.3 Å². The first kappa shape index (κ1) is 20.6. The van der Waals surface area contributed by atoms with Gasteiger partial charge in [-0.05, 0) is 29.4 Å². The summed E-state index contributed by atoms with van der Waals surface area (Å²) in [6.07, 6.45) is 0.806. The molecule has 0 aliphatic carbocycles. The number of carbonyl (C=O) groups excluding carboxylic acids is 1. The zero-order valence-electron chi connectivity index (χ0n) is 15.3. The Morgan fingerprint density at radius 2 is 1.96 bits per heavy atom. The van der Waals surface area contributed by atoms with E-state index in [1.165, 1.54) is 11.8 Å². The van der Waals surface area contributed by atoms with Crippen LogP contribution in [0.1, 0.15) is 48.8 Å². The molecule has 0 atom stereocenters. The third-order valence-corrected chi connectivity index (χ3v) is 5.41. The number of hydrogen-bond donors (Lipinski definition) is 1. The van der Waals surface area contributed by atoms with Gasteiger partial charge in [0.15, 0.2) is 5.16 Å². The molecule has 1 aromatic carbocycles. The summed E-state index contributed by atoms with van der Waals surface area (Å²) in [5.41, 5.74) is 2.26. The Bertz CT molecular complexity index is 773. The fourth-order valence-corrected chi connectivity index (χ4v) is 3.55. The van der Waals surface area contributed by atoms with Crippen molar-refractivity contribution in [3.63, 3.8) is 0 Å². The Hall–Kier alpha value is -1.73. The van der Waals surface area contributed by atoms with Crippen LogP contribution in [0.5, 0.6) is 0 Å². The molecule has 5 nitrogen and oxygen atoms in total. The number of carbonyl (C=O) groups is 1. The van der Waals surface area contributed by atoms with E-state index in [0.29, 0.717) is 28.3 Å². The van der Waals surface area contributed by atoms with Crippen LogP contribution in [0.25, 0.3) is 0 Å². The lowest BCUT2D eigenvalue weighted by Gasteiger charge is -2.07.